The van der Waals surface area contributed by atoms with Crippen LogP contribution in [0.3, 0.4) is 0 Å². The number of methoxy groups -OCH3 is 1. The van der Waals surface area contributed by atoms with Crippen molar-refractivity contribution in [3.63, 3.8) is 0 Å². The van der Waals surface area contributed by atoms with Gasteiger partial charge in [-0.05, 0) is 30.3 Å². The van der Waals surface area contributed by atoms with Gasteiger partial charge < -0.3 is 14.8 Å². The van der Waals surface area contributed by atoms with Gasteiger partial charge in [-0.15, -0.1) is 0 Å². The molecule has 6 nitrogen and oxygen atoms in total. The predicted molar refractivity (Wildman–Crippen MR) is 103 cm³/mol. The Kier molecular flexibility index (Phi) is 6.43. The highest BCUT2D eigenvalue weighted by molar-refractivity contribution is 5.93. The Morgan fingerprint density at radius 1 is 1.17 bits per heavy atom. The molecule has 0 aliphatic carbocycles. The van der Waals surface area contributed by atoms with Crippen molar-refractivity contribution in [2.45, 2.75) is 0 Å². The summed E-state index contributed by atoms with van der Waals surface area (Å²) in [4.78, 5) is 12.2. The predicted octanol–water partition coefficient (Wildman–Crippen LogP) is 3.18. The molecule has 1 amide bonds. The third-order valence-corrected chi connectivity index (χ3v) is 3.84. The molecule has 3 rings (SSSR count). The van der Waals surface area contributed by atoms with E-state index in [1.54, 1.807) is 13.2 Å². The third kappa shape index (κ3) is 5.32. The minimum atomic E-state index is -0.800. The number of carbonyl (C=O) groups excluding carboxylic acids is 1. The van der Waals surface area contributed by atoms with Gasteiger partial charge >= 0.3 is 0 Å². The molecular weight excluding hydrogens is 380 g/mol. The largest absolute Gasteiger partial charge is 0.497 e. The summed E-state index contributed by atoms with van der Waals surface area (Å²) in [5, 5.41) is 9.42. The standard InChI is InChI=1S/C21H17F2N3O3/c1-28-16-6-4-5-14(11-16)18-13-19(26-25-18)21(27)24-9-2-3-10-29-20-8-7-15(22)12-17(20)23/h4-8,11-13H,9-10H2,1H3,(H,24,27)(H,25,26). The van der Waals surface area contributed by atoms with Crippen LogP contribution in [0.2, 0.25) is 0 Å². The number of aromatic nitrogens is 2. The Labute approximate surface area is 165 Å². The fraction of sp³-hybridized carbons (Fsp3) is 0.143. The van der Waals surface area contributed by atoms with Gasteiger partial charge in [0.15, 0.2) is 11.6 Å². The molecule has 0 saturated heterocycles. The van der Waals surface area contributed by atoms with Crippen LogP contribution in [0.25, 0.3) is 11.3 Å². The molecule has 148 valence electrons. The monoisotopic (exact) mass is 397 g/mol. The Morgan fingerprint density at radius 3 is 2.83 bits per heavy atom. The first kappa shape index (κ1) is 19.9. The SMILES string of the molecule is COc1cccc(-c2cc(C(=O)NCC#CCOc3ccc(F)cc3F)[nH]n2)c1. The number of amides is 1. The maximum Gasteiger partial charge on any atom is 0.270 e. The highest BCUT2D eigenvalue weighted by Crippen LogP contribution is 2.22. The lowest BCUT2D eigenvalue weighted by Gasteiger charge is -2.02. The molecule has 0 saturated carbocycles. The molecule has 0 atom stereocenters. The van der Waals surface area contributed by atoms with Gasteiger partial charge in [0.25, 0.3) is 5.91 Å². The van der Waals surface area contributed by atoms with Crippen LogP contribution in [-0.4, -0.2) is 36.4 Å². The molecule has 0 radical (unpaired) electrons. The van der Waals surface area contributed by atoms with Gasteiger partial charge in [0.05, 0.1) is 19.3 Å². The molecule has 29 heavy (non-hydrogen) atoms. The first-order valence-electron chi connectivity index (χ1n) is 8.58. The lowest BCUT2D eigenvalue weighted by atomic mass is 10.1. The maximum atomic E-state index is 13.4. The van der Waals surface area contributed by atoms with Crippen molar-refractivity contribution in [2.75, 3.05) is 20.3 Å². The lowest BCUT2D eigenvalue weighted by molar-refractivity contribution is 0.0953. The topological polar surface area (TPSA) is 76.2 Å². The summed E-state index contributed by atoms with van der Waals surface area (Å²) in [7, 11) is 1.57. The van der Waals surface area contributed by atoms with Crippen molar-refractivity contribution in [1.82, 2.24) is 15.5 Å². The summed E-state index contributed by atoms with van der Waals surface area (Å²) in [6, 6.07) is 11.9. The number of aromatic amines is 1. The summed E-state index contributed by atoms with van der Waals surface area (Å²) >= 11 is 0. The van der Waals surface area contributed by atoms with Gasteiger partial charge in [-0.3, -0.25) is 9.89 Å². The Morgan fingerprint density at radius 2 is 2.03 bits per heavy atom. The van der Waals surface area contributed by atoms with E-state index in [0.717, 1.165) is 17.7 Å². The number of nitrogens with zero attached hydrogens (tertiary/aromatic N) is 1. The van der Waals surface area contributed by atoms with Gasteiger partial charge in [-0.25, -0.2) is 8.78 Å². The number of rotatable bonds is 6. The maximum absolute atomic E-state index is 13.4. The second-order valence-corrected chi connectivity index (χ2v) is 5.80. The van der Waals surface area contributed by atoms with E-state index in [0.29, 0.717) is 11.4 Å². The zero-order valence-electron chi connectivity index (χ0n) is 15.5. The van der Waals surface area contributed by atoms with Crippen molar-refractivity contribution in [1.29, 1.82) is 0 Å². The average Bonchev–Trinajstić information content (AvgIpc) is 3.22. The summed E-state index contributed by atoms with van der Waals surface area (Å²) < 4.78 is 36.5. The molecule has 1 heterocycles. The highest BCUT2D eigenvalue weighted by atomic mass is 19.1. The zero-order chi connectivity index (χ0) is 20.6. The number of hydrogen-bond donors (Lipinski definition) is 2. The van der Waals surface area contributed by atoms with Crippen molar-refractivity contribution in [2.24, 2.45) is 0 Å². The average molecular weight is 397 g/mol. The van der Waals surface area contributed by atoms with E-state index < -0.39 is 11.6 Å². The fourth-order valence-electron chi connectivity index (χ4n) is 2.41. The summed E-state index contributed by atoms with van der Waals surface area (Å²) in [6.07, 6.45) is 0. The van der Waals surface area contributed by atoms with Crippen LogP contribution in [0.1, 0.15) is 10.5 Å². The summed E-state index contributed by atoms with van der Waals surface area (Å²) in [6.45, 7) is -0.0237. The van der Waals surface area contributed by atoms with E-state index in [9.17, 15) is 13.6 Å². The third-order valence-electron chi connectivity index (χ3n) is 3.84. The number of hydrogen-bond acceptors (Lipinski definition) is 4. The van der Waals surface area contributed by atoms with E-state index in [1.807, 2.05) is 24.3 Å². The molecule has 0 spiro atoms. The second-order valence-electron chi connectivity index (χ2n) is 5.80. The van der Waals surface area contributed by atoms with Crippen molar-refractivity contribution >= 4 is 5.91 Å². The Hall–Kier alpha value is -3.86. The second kappa shape index (κ2) is 9.37. The molecule has 0 aliphatic rings. The van der Waals surface area contributed by atoms with Crippen molar-refractivity contribution in [3.8, 4) is 34.6 Å². The van der Waals surface area contributed by atoms with Gasteiger partial charge in [0, 0.05) is 11.6 Å². The molecule has 8 heteroatoms. The van der Waals surface area contributed by atoms with E-state index in [1.165, 1.54) is 6.07 Å². The van der Waals surface area contributed by atoms with Crippen LogP contribution in [-0.2, 0) is 0 Å². The summed E-state index contributed by atoms with van der Waals surface area (Å²) in [5.74, 6) is 4.07. The number of ether oxygens (including phenoxy) is 2. The van der Waals surface area contributed by atoms with Crippen LogP contribution in [0.4, 0.5) is 8.78 Å². The Balaban J connectivity index is 1.49. The summed E-state index contributed by atoms with van der Waals surface area (Å²) in [5.41, 5.74) is 1.70. The van der Waals surface area contributed by atoms with Crippen LogP contribution >= 0.6 is 0 Å². The molecule has 2 aromatic carbocycles. The zero-order valence-corrected chi connectivity index (χ0v) is 15.5. The first-order chi connectivity index (χ1) is 14.1. The van der Waals surface area contributed by atoms with Gasteiger partial charge in [-0.1, -0.05) is 24.0 Å². The molecule has 0 fully saturated rings. The molecule has 0 unspecified atom stereocenters. The molecular formula is C21H17F2N3O3. The number of benzene rings is 2. The quantitative estimate of drug-likeness (QED) is 0.627. The van der Waals surface area contributed by atoms with Crippen molar-refractivity contribution in [3.05, 3.63) is 65.9 Å². The van der Waals surface area contributed by atoms with E-state index in [-0.39, 0.29) is 30.5 Å². The number of nitrogens with one attached hydrogen (secondary N) is 2. The number of carbonyl (C=O) groups is 1. The van der Waals surface area contributed by atoms with E-state index >= 15 is 0 Å². The van der Waals surface area contributed by atoms with Gasteiger partial charge in [-0.2, -0.15) is 5.10 Å². The lowest BCUT2D eigenvalue weighted by Crippen LogP contribution is -2.24. The molecule has 0 bridgehead atoms. The van der Waals surface area contributed by atoms with Crippen molar-refractivity contribution < 1.29 is 23.0 Å². The molecule has 1 aromatic heterocycles. The van der Waals surface area contributed by atoms with Gasteiger partial charge in [0.1, 0.15) is 23.9 Å². The van der Waals surface area contributed by atoms with E-state index in [4.69, 9.17) is 9.47 Å². The number of H-pyrrole nitrogens is 1. The van der Waals surface area contributed by atoms with Crippen LogP contribution in [0, 0.1) is 23.5 Å². The highest BCUT2D eigenvalue weighted by Gasteiger charge is 2.10. The molecule has 3 aromatic rings. The molecule has 0 aliphatic heterocycles. The minimum Gasteiger partial charge on any atom is -0.497 e. The Bertz CT molecular complexity index is 1070. The normalized spacial score (nSPS) is 10.0. The fourth-order valence-corrected chi connectivity index (χ4v) is 2.41. The van der Waals surface area contributed by atoms with Crippen LogP contribution in [0.5, 0.6) is 11.5 Å². The van der Waals surface area contributed by atoms with E-state index in [2.05, 4.69) is 27.4 Å². The number of halogens is 2. The first-order valence-corrected chi connectivity index (χ1v) is 8.58. The molecule has 2 N–H and O–H groups in total. The van der Waals surface area contributed by atoms with Crippen LogP contribution < -0.4 is 14.8 Å². The smallest absolute Gasteiger partial charge is 0.270 e. The van der Waals surface area contributed by atoms with Crippen LogP contribution in [0.15, 0.2) is 48.5 Å². The minimum absolute atomic E-state index is 0.0710. The van der Waals surface area contributed by atoms with Gasteiger partial charge in [0.2, 0.25) is 0 Å².